The number of thiocarbonyl (C=S) groups is 1. The van der Waals surface area contributed by atoms with Gasteiger partial charge in [0.05, 0.1) is 10.2 Å². The van der Waals surface area contributed by atoms with E-state index in [0.29, 0.717) is 24.2 Å². The zero-order valence-corrected chi connectivity index (χ0v) is 13.9. The molecule has 4 nitrogen and oxygen atoms in total. The van der Waals surface area contributed by atoms with E-state index < -0.39 is 5.82 Å². The molecule has 114 valence electrons. The quantitative estimate of drug-likeness (QED) is 0.778. The van der Waals surface area contributed by atoms with Gasteiger partial charge in [-0.1, -0.05) is 12.2 Å². The lowest BCUT2D eigenvalue weighted by molar-refractivity contribution is -0.129. The molecule has 1 aromatic rings. The van der Waals surface area contributed by atoms with Crippen molar-refractivity contribution < 1.29 is 9.18 Å². The van der Waals surface area contributed by atoms with Crippen molar-refractivity contribution >= 4 is 44.7 Å². The highest BCUT2D eigenvalue weighted by Crippen LogP contribution is 2.27. The summed E-state index contributed by atoms with van der Waals surface area (Å²) < 4.78 is 14.4. The molecule has 0 unspecified atom stereocenters. The summed E-state index contributed by atoms with van der Waals surface area (Å²) in [7, 11) is 0. The number of nitrogens with zero attached hydrogens (tertiary/aromatic N) is 1. The molecule has 0 aromatic heterocycles. The molecule has 0 aliphatic carbocycles. The molecule has 3 N–H and O–H groups in total. The van der Waals surface area contributed by atoms with Crippen molar-refractivity contribution in [3.8, 4) is 0 Å². The molecule has 0 bridgehead atoms. The molecule has 1 aliphatic heterocycles. The van der Waals surface area contributed by atoms with Crippen LogP contribution in [0.15, 0.2) is 16.6 Å². The van der Waals surface area contributed by atoms with Crippen molar-refractivity contribution in [2.75, 3.05) is 25.0 Å². The van der Waals surface area contributed by atoms with Crippen molar-refractivity contribution in [2.45, 2.75) is 19.3 Å². The number of anilines is 1. The van der Waals surface area contributed by atoms with Crippen LogP contribution in [0.25, 0.3) is 0 Å². The van der Waals surface area contributed by atoms with Gasteiger partial charge < -0.3 is 16.0 Å². The minimum Gasteiger partial charge on any atom is -0.389 e. The summed E-state index contributed by atoms with van der Waals surface area (Å²) in [5.74, 6) is -0.340. The van der Waals surface area contributed by atoms with Gasteiger partial charge in [-0.15, -0.1) is 0 Å². The summed E-state index contributed by atoms with van der Waals surface area (Å²) >= 11 is 7.99. The number of halogens is 2. The smallest absolute Gasteiger partial charge is 0.224 e. The maximum Gasteiger partial charge on any atom is 0.224 e. The SMILES string of the molecule is NC(=S)c1ccc(NCCC(=O)N2CCCC2)c(F)c1Br. The Balaban J connectivity index is 1.93. The van der Waals surface area contributed by atoms with E-state index in [4.69, 9.17) is 18.0 Å². The molecule has 1 heterocycles. The molecule has 1 fully saturated rings. The maximum absolute atomic E-state index is 14.1. The van der Waals surface area contributed by atoms with Crippen LogP contribution in [-0.4, -0.2) is 35.4 Å². The summed E-state index contributed by atoms with van der Waals surface area (Å²) in [5, 5.41) is 2.94. The first-order valence-electron chi connectivity index (χ1n) is 6.80. The predicted molar refractivity (Wildman–Crippen MR) is 88.9 cm³/mol. The van der Waals surface area contributed by atoms with Crippen LogP contribution in [0.1, 0.15) is 24.8 Å². The Morgan fingerprint density at radius 3 is 2.71 bits per heavy atom. The number of benzene rings is 1. The van der Waals surface area contributed by atoms with Gasteiger partial charge in [-0.2, -0.15) is 0 Å². The van der Waals surface area contributed by atoms with Crippen LogP contribution in [0.4, 0.5) is 10.1 Å². The van der Waals surface area contributed by atoms with Gasteiger partial charge in [-0.05, 0) is 40.9 Å². The summed E-state index contributed by atoms with van der Waals surface area (Å²) in [6, 6.07) is 3.23. The fraction of sp³-hybridized carbons (Fsp3) is 0.429. The van der Waals surface area contributed by atoms with Crippen LogP contribution in [0.5, 0.6) is 0 Å². The van der Waals surface area contributed by atoms with Crippen molar-refractivity contribution in [1.29, 1.82) is 0 Å². The number of amides is 1. The van der Waals surface area contributed by atoms with Crippen LogP contribution >= 0.6 is 28.1 Å². The van der Waals surface area contributed by atoms with Crippen molar-refractivity contribution in [2.24, 2.45) is 5.73 Å². The highest BCUT2D eigenvalue weighted by atomic mass is 79.9. The fourth-order valence-electron chi connectivity index (χ4n) is 2.31. The first-order valence-corrected chi connectivity index (χ1v) is 8.00. The van der Waals surface area contributed by atoms with Gasteiger partial charge >= 0.3 is 0 Å². The van der Waals surface area contributed by atoms with Crippen LogP contribution in [-0.2, 0) is 4.79 Å². The largest absolute Gasteiger partial charge is 0.389 e. The predicted octanol–water partition coefficient (Wildman–Crippen LogP) is 2.65. The second-order valence-corrected chi connectivity index (χ2v) is 6.15. The average Bonchev–Trinajstić information content (AvgIpc) is 2.97. The van der Waals surface area contributed by atoms with Gasteiger partial charge in [0, 0.05) is 31.6 Å². The Bertz CT molecular complexity index is 561. The number of nitrogens with two attached hydrogens (primary N) is 1. The Morgan fingerprint density at radius 2 is 2.10 bits per heavy atom. The summed E-state index contributed by atoms with van der Waals surface area (Å²) in [5.41, 5.74) is 6.30. The van der Waals surface area contributed by atoms with Crippen molar-refractivity contribution in [3.63, 3.8) is 0 Å². The topological polar surface area (TPSA) is 58.4 Å². The molecule has 1 aromatic carbocycles. The molecular formula is C14H17BrFN3OS. The molecule has 0 radical (unpaired) electrons. The first kappa shape index (κ1) is 16.2. The van der Waals surface area contributed by atoms with Crippen molar-refractivity contribution in [3.05, 3.63) is 28.0 Å². The van der Waals surface area contributed by atoms with Crippen LogP contribution in [0.3, 0.4) is 0 Å². The fourth-order valence-corrected chi connectivity index (χ4v) is 3.17. The van der Waals surface area contributed by atoms with E-state index in [9.17, 15) is 9.18 Å². The van der Waals surface area contributed by atoms with Gasteiger partial charge in [0.25, 0.3) is 0 Å². The Hall–Kier alpha value is -1.21. The van der Waals surface area contributed by atoms with Crippen LogP contribution in [0.2, 0.25) is 0 Å². The lowest BCUT2D eigenvalue weighted by Gasteiger charge is -2.16. The minimum atomic E-state index is -0.450. The number of carbonyl (C=O) groups excluding carboxylic acids is 1. The second kappa shape index (κ2) is 7.17. The molecule has 2 rings (SSSR count). The molecule has 0 atom stereocenters. The van der Waals surface area contributed by atoms with Crippen LogP contribution < -0.4 is 11.1 Å². The lowest BCUT2D eigenvalue weighted by atomic mass is 10.2. The molecule has 1 saturated heterocycles. The molecule has 7 heteroatoms. The third-order valence-corrected chi connectivity index (χ3v) is 4.46. The molecular weight excluding hydrogens is 357 g/mol. The number of hydrogen-bond acceptors (Lipinski definition) is 3. The Kier molecular flexibility index (Phi) is 5.52. The van der Waals surface area contributed by atoms with E-state index in [2.05, 4.69) is 21.2 Å². The number of hydrogen-bond donors (Lipinski definition) is 2. The third kappa shape index (κ3) is 3.91. The molecule has 0 spiro atoms. The third-order valence-electron chi connectivity index (χ3n) is 3.46. The van der Waals surface area contributed by atoms with E-state index in [1.54, 1.807) is 12.1 Å². The second-order valence-electron chi connectivity index (χ2n) is 4.92. The van der Waals surface area contributed by atoms with Gasteiger partial charge in [0.1, 0.15) is 4.99 Å². The maximum atomic E-state index is 14.1. The molecule has 1 aliphatic rings. The van der Waals surface area contributed by atoms with E-state index in [0.717, 1.165) is 25.9 Å². The van der Waals surface area contributed by atoms with Gasteiger partial charge in [-0.3, -0.25) is 4.79 Å². The highest BCUT2D eigenvalue weighted by Gasteiger charge is 2.18. The number of carbonyl (C=O) groups is 1. The first-order chi connectivity index (χ1) is 10.0. The molecule has 0 saturated carbocycles. The molecule has 21 heavy (non-hydrogen) atoms. The average molecular weight is 374 g/mol. The number of likely N-dealkylation sites (tertiary alicyclic amines) is 1. The zero-order valence-electron chi connectivity index (χ0n) is 11.5. The summed E-state index contributed by atoms with van der Waals surface area (Å²) in [6.45, 7) is 2.06. The van der Waals surface area contributed by atoms with Gasteiger partial charge in [0.2, 0.25) is 5.91 Å². The van der Waals surface area contributed by atoms with Crippen molar-refractivity contribution in [1.82, 2.24) is 4.90 Å². The molecule has 1 amide bonds. The van der Waals surface area contributed by atoms with E-state index in [-0.39, 0.29) is 15.4 Å². The van der Waals surface area contributed by atoms with Gasteiger partial charge in [-0.25, -0.2) is 4.39 Å². The highest BCUT2D eigenvalue weighted by molar-refractivity contribution is 9.10. The minimum absolute atomic E-state index is 0.110. The van der Waals surface area contributed by atoms with Crippen LogP contribution in [0, 0.1) is 5.82 Å². The lowest BCUT2D eigenvalue weighted by Crippen LogP contribution is -2.29. The normalized spacial score (nSPS) is 14.3. The monoisotopic (exact) mass is 373 g/mol. The Morgan fingerprint density at radius 1 is 1.43 bits per heavy atom. The van der Waals surface area contributed by atoms with Gasteiger partial charge in [0.15, 0.2) is 5.82 Å². The summed E-state index contributed by atoms with van der Waals surface area (Å²) in [4.78, 5) is 13.9. The van der Waals surface area contributed by atoms with E-state index in [1.165, 1.54) is 0 Å². The standard InChI is InChI=1S/C14H17BrFN3OS/c15-12-9(14(17)21)3-4-10(13(12)16)18-6-5-11(20)19-7-1-2-8-19/h3-4,18H,1-2,5-8H2,(H2,17,21). The summed E-state index contributed by atoms with van der Waals surface area (Å²) in [6.07, 6.45) is 2.50. The zero-order chi connectivity index (χ0) is 15.4. The number of rotatable bonds is 5. The van der Waals surface area contributed by atoms with E-state index >= 15 is 0 Å². The van der Waals surface area contributed by atoms with E-state index in [1.807, 2.05) is 4.90 Å². The Labute approximate surface area is 137 Å². The number of nitrogens with one attached hydrogen (secondary N) is 1.